The van der Waals surface area contributed by atoms with Crippen LogP contribution in [0.1, 0.15) is 48.4 Å². The molecule has 3 aliphatic carbocycles. The van der Waals surface area contributed by atoms with Crippen molar-refractivity contribution in [2.24, 2.45) is 23.7 Å². The summed E-state index contributed by atoms with van der Waals surface area (Å²) in [6.45, 7) is 4.03. The maximum absolute atomic E-state index is 13.5. The first kappa shape index (κ1) is 30.7. The van der Waals surface area contributed by atoms with E-state index in [1.807, 2.05) is 18.2 Å². The molecule has 3 aromatic carbocycles. The summed E-state index contributed by atoms with van der Waals surface area (Å²) in [5.41, 5.74) is -4.82. The highest BCUT2D eigenvalue weighted by atomic mass is 19.4. The minimum atomic E-state index is -5.08. The van der Waals surface area contributed by atoms with Crippen LogP contribution in [-0.2, 0) is 12.4 Å². The molecule has 12 heteroatoms. The van der Waals surface area contributed by atoms with Gasteiger partial charge in [0.25, 0.3) is 10.9 Å². The van der Waals surface area contributed by atoms with Gasteiger partial charge in [-0.25, -0.2) is 0 Å². The van der Waals surface area contributed by atoms with Crippen LogP contribution in [0.3, 0.4) is 0 Å². The van der Waals surface area contributed by atoms with Gasteiger partial charge in [-0.15, -0.1) is 6.58 Å². The van der Waals surface area contributed by atoms with Crippen LogP contribution in [-0.4, -0.2) is 12.1 Å². The summed E-state index contributed by atoms with van der Waals surface area (Å²) in [5, 5.41) is 6.38. The molecule has 1 aromatic heterocycles. The Bertz CT molecular complexity index is 1810. The Morgan fingerprint density at radius 3 is 2.24 bits per heavy atom. The Morgan fingerprint density at radius 2 is 1.62 bits per heavy atom. The van der Waals surface area contributed by atoms with E-state index in [1.54, 1.807) is 18.3 Å². The second-order valence-corrected chi connectivity index (χ2v) is 11.9. The van der Waals surface area contributed by atoms with Crippen molar-refractivity contribution in [3.8, 4) is 5.75 Å². The fourth-order valence-corrected chi connectivity index (χ4v) is 7.22. The molecule has 45 heavy (non-hydrogen) atoms. The van der Waals surface area contributed by atoms with Gasteiger partial charge >= 0.3 is 12.4 Å². The summed E-state index contributed by atoms with van der Waals surface area (Å²) in [7, 11) is 1.53. The lowest BCUT2D eigenvalue weighted by Gasteiger charge is -2.50. The maximum Gasteiger partial charge on any atom is 0.416 e. The first-order valence-corrected chi connectivity index (χ1v) is 14.5. The zero-order chi connectivity index (χ0) is 32.3. The molecule has 236 valence electrons. The van der Waals surface area contributed by atoms with Crippen molar-refractivity contribution >= 4 is 28.0 Å². The summed E-state index contributed by atoms with van der Waals surface area (Å²) >= 11 is 0. The first-order valence-electron chi connectivity index (χ1n) is 14.5. The molecule has 1 heterocycles. The molecule has 3 aliphatic rings. The number of alkyl halides is 6. The molecule has 4 aromatic rings. The highest BCUT2D eigenvalue weighted by Gasteiger charge is 2.45. The number of rotatable bonds is 8. The van der Waals surface area contributed by atoms with Gasteiger partial charge in [-0.1, -0.05) is 12.5 Å². The zero-order valence-electron chi connectivity index (χ0n) is 24.1. The monoisotopic (exact) mass is 629 g/mol. The van der Waals surface area contributed by atoms with E-state index in [-0.39, 0.29) is 29.5 Å². The Balaban J connectivity index is 1.44. The average Bonchev–Trinajstić information content (AvgIpc) is 3.03. The predicted octanol–water partition coefficient (Wildman–Crippen LogP) is 8.01. The zero-order valence-corrected chi connectivity index (χ0v) is 24.1. The van der Waals surface area contributed by atoms with Gasteiger partial charge in [0.05, 0.1) is 29.8 Å². The van der Waals surface area contributed by atoms with E-state index >= 15 is 0 Å². The van der Waals surface area contributed by atoms with Gasteiger partial charge in [0.2, 0.25) is 0 Å². The SMILES string of the molecule is C=CC1CC2CCC1[C@@H]([C@H](Nc1c(Nc3cc(C(F)(F)F)cc(C(F)(F)F)c3)c(=O)c1=O)c1ccnc3ccc(OC)cc13)C2. The molecule has 0 saturated heterocycles. The number of ether oxygens (including phenoxy) is 1. The molecule has 2 bridgehead atoms. The number of anilines is 3. The molecule has 3 saturated carbocycles. The minimum Gasteiger partial charge on any atom is -0.497 e. The summed E-state index contributed by atoms with van der Waals surface area (Å²) in [4.78, 5) is 30.2. The van der Waals surface area contributed by atoms with Crippen LogP contribution >= 0.6 is 0 Å². The molecular formula is C33H29F6N3O3. The normalized spacial score (nSPS) is 22.4. The summed E-state index contributed by atoms with van der Waals surface area (Å²) in [6.07, 6.45) is -2.79. The lowest BCUT2D eigenvalue weighted by atomic mass is 9.57. The van der Waals surface area contributed by atoms with Gasteiger partial charge in [-0.2, -0.15) is 26.3 Å². The van der Waals surface area contributed by atoms with Crippen LogP contribution in [0.15, 0.2) is 70.9 Å². The van der Waals surface area contributed by atoms with Crippen molar-refractivity contribution in [1.82, 2.24) is 4.98 Å². The highest BCUT2D eigenvalue weighted by molar-refractivity contribution is 5.85. The Labute approximate surface area is 253 Å². The number of hydrogen-bond donors (Lipinski definition) is 2. The molecule has 5 atom stereocenters. The Hall–Kier alpha value is -4.35. The number of methoxy groups -OCH3 is 1. The third kappa shape index (κ3) is 5.66. The van der Waals surface area contributed by atoms with E-state index in [2.05, 4.69) is 22.2 Å². The molecule has 0 aliphatic heterocycles. The molecule has 0 radical (unpaired) electrons. The predicted molar refractivity (Wildman–Crippen MR) is 158 cm³/mol. The topological polar surface area (TPSA) is 80.3 Å². The number of hydrogen-bond acceptors (Lipinski definition) is 6. The van der Waals surface area contributed by atoms with Gasteiger partial charge in [0.1, 0.15) is 17.1 Å². The van der Waals surface area contributed by atoms with Crippen molar-refractivity contribution in [3.63, 3.8) is 0 Å². The first-order chi connectivity index (χ1) is 21.3. The largest absolute Gasteiger partial charge is 0.497 e. The summed E-state index contributed by atoms with van der Waals surface area (Å²) in [5.74, 6) is 1.38. The maximum atomic E-state index is 13.5. The molecule has 7 rings (SSSR count). The quantitative estimate of drug-likeness (QED) is 0.117. The number of allylic oxidation sites excluding steroid dienone is 1. The van der Waals surface area contributed by atoms with Crippen molar-refractivity contribution < 1.29 is 31.1 Å². The molecule has 0 amide bonds. The van der Waals surface area contributed by atoms with Crippen LogP contribution in [0, 0.1) is 23.7 Å². The number of halogens is 6. The average molecular weight is 630 g/mol. The van der Waals surface area contributed by atoms with Crippen LogP contribution in [0.2, 0.25) is 0 Å². The number of fused-ring (bicyclic) bond motifs is 4. The Kier molecular flexibility index (Phi) is 7.65. The number of pyridine rings is 1. The third-order valence-electron chi connectivity index (χ3n) is 9.33. The molecular weight excluding hydrogens is 600 g/mol. The van der Waals surface area contributed by atoms with Gasteiger partial charge in [0, 0.05) is 17.3 Å². The summed E-state index contributed by atoms with van der Waals surface area (Å²) in [6, 6.07) is 7.60. The van der Waals surface area contributed by atoms with Crippen molar-refractivity contribution in [3.05, 3.63) is 98.5 Å². The van der Waals surface area contributed by atoms with Crippen LogP contribution < -0.4 is 26.2 Å². The Morgan fingerprint density at radius 1 is 0.933 bits per heavy atom. The third-order valence-corrected chi connectivity index (χ3v) is 9.33. The van der Waals surface area contributed by atoms with E-state index in [9.17, 15) is 35.9 Å². The van der Waals surface area contributed by atoms with E-state index in [0.29, 0.717) is 29.3 Å². The van der Waals surface area contributed by atoms with Crippen molar-refractivity contribution in [2.45, 2.75) is 44.1 Å². The molecule has 6 nitrogen and oxygen atoms in total. The van der Waals surface area contributed by atoms with E-state index in [4.69, 9.17) is 4.74 Å². The highest BCUT2D eigenvalue weighted by Crippen LogP contribution is 2.54. The smallest absolute Gasteiger partial charge is 0.416 e. The standard InChI is InChI=1S/C33H29F6N3O3/c1-3-17-10-16-4-6-22(17)25(11-16)27(23-8-9-40-26-7-5-21(45-2)15-24(23)26)42-29-28(30(43)31(29)44)41-20-13-18(32(34,35)36)12-19(14-20)33(37,38)39/h3,5,7-9,12-17,22,25,27,41-42H,1,4,6,10-11H2,2H3/t16?,17?,22?,25-,27+/m0/s1. The van der Waals surface area contributed by atoms with Gasteiger partial charge in [0.15, 0.2) is 0 Å². The van der Waals surface area contributed by atoms with E-state index in [0.717, 1.165) is 36.6 Å². The van der Waals surface area contributed by atoms with Gasteiger partial charge < -0.3 is 15.4 Å². The number of nitrogens with zero attached hydrogens (tertiary/aromatic N) is 1. The van der Waals surface area contributed by atoms with Crippen molar-refractivity contribution in [1.29, 1.82) is 0 Å². The number of aromatic nitrogens is 1. The second-order valence-electron chi connectivity index (χ2n) is 11.9. The van der Waals surface area contributed by atoms with Crippen LogP contribution in [0.4, 0.5) is 43.4 Å². The molecule has 3 unspecified atom stereocenters. The van der Waals surface area contributed by atoms with E-state index < -0.39 is 51.8 Å². The molecule has 2 N–H and O–H groups in total. The number of nitrogens with one attached hydrogen (secondary N) is 2. The van der Waals surface area contributed by atoms with Crippen LogP contribution in [0.25, 0.3) is 10.9 Å². The van der Waals surface area contributed by atoms with E-state index in [1.165, 1.54) is 7.11 Å². The van der Waals surface area contributed by atoms with Crippen LogP contribution in [0.5, 0.6) is 5.75 Å². The lowest BCUT2D eigenvalue weighted by Crippen LogP contribution is -2.44. The molecule has 3 fully saturated rings. The van der Waals surface area contributed by atoms with Gasteiger partial charge in [-0.05, 0) is 91.0 Å². The van der Waals surface area contributed by atoms with Gasteiger partial charge in [-0.3, -0.25) is 14.6 Å². The fourth-order valence-electron chi connectivity index (χ4n) is 7.22. The lowest BCUT2D eigenvalue weighted by molar-refractivity contribution is -0.143. The minimum absolute atomic E-state index is 0.000535. The van der Waals surface area contributed by atoms with Crippen molar-refractivity contribution in [2.75, 3.05) is 17.7 Å². The second kappa shape index (κ2) is 11.2. The summed E-state index contributed by atoms with van der Waals surface area (Å²) < 4.78 is 86.5. The fraction of sp³-hybridized carbons (Fsp3) is 0.364. The number of benzene rings is 2. The molecule has 0 spiro atoms.